The van der Waals surface area contributed by atoms with Crippen LogP contribution in [0.3, 0.4) is 0 Å². The molecule has 29 heavy (non-hydrogen) atoms. The third-order valence-electron chi connectivity index (χ3n) is 4.30. The molecule has 2 aromatic rings. The average Bonchev–Trinajstić information content (AvgIpc) is 2.71. The maximum atomic E-state index is 12.2. The van der Waals surface area contributed by atoms with Gasteiger partial charge in [0.2, 0.25) is 0 Å². The van der Waals surface area contributed by atoms with Gasteiger partial charge in [0.15, 0.2) is 0 Å². The number of hydrazine groups is 1. The normalized spacial score (nSPS) is 10.4. The van der Waals surface area contributed by atoms with E-state index in [-0.39, 0.29) is 5.56 Å². The van der Waals surface area contributed by atoms with Crippen LogP contribution in [-0.2, 0) is 0 Å². The van der Waals surface area contributed by atoms with E-state index in [0.29, 0.717) is 28.0 Å². The summed E-state index contributed by atoms with van der Waals surface area (Å²) in [6, 6.07) is 11.2. The Morgan fingerprint density at radius 2 is 1.34 bits per heavy atom. The number of amides is 2. The van der Waals surface area contributed by atoms with Crippen molar-refractivity contribution in [2.45, 2.75) is 45.4 Å². The van der Waals surface area contributed by atoms with Crippen LogP contribution in [0, 0.1) is 0 Å². The average molecular weight is 437 g/mol. The number of carbonyl (C=O) groups excluding carboxylic acids is 2. The molecule has 0 atom stereocenters. The fourth-order valence-electron chi connectivity index (χ4n) is 2.72. The molecule has 0 fully saturated rings. The van der Waals surface area contributed by atoms with E-state index in [1.807, 2.05) is 0 Å². The van der Waals surface area contributed by atoms with Gasteiger partial charge in [-0.1, -0.05) is 62.2 Å². The molecule has 0 aliphatic rings. The van der Waals surface area contributed by atoms with Crippen LogP contribution >= 0.6 is 23.2 Å². The van der Waals surface area contributed by atoms with Crippen molar-refractivity contribution in [2.24, 2.45) is 0 Å². The third-order valence-corrected chi connectivity index (χ3v) is 4.73. The zero-order chi connectivity index (χ0) is 21.1. The predicted octanol–water partition coefficient (Wildman–Crippen LogP) is 5.81. The fraction of sp³-hybridized carbons (Fsp3) is 0.364. The molecule has 0 aliphatic heterocycles. The molecule has 0 aromatic heterocycles. The first-order chi connectivity index (χ1) is 14.0. The van der Waals surface area contributed by atoms with E-state index in [4.69, 9.17) is 27.9 Å². The Bertz CT molecular complexity index is 790. The van der Waals surface area contributed by atoms with Crippen LogP contribution < -0.4 is 15.6 Å². The van der Waals surface area contributed by atoms with Gasteiger partial charge >= 0.3 is 0 Å². The van der Waals surface area contributed by atoms with Crippen LogP contribution in [0.1, 0.15) is 66.2 Å². The summed E-state index contributed by atoms with van der Waals surface area (Å²) in [5, 5.41) is 0.677. The monoisotopic (exact) mass is 436 g/mol. The summed E-state index contributed by atoms with van der Waals surface area (Å²) in [6.45, 7) is 2.87. The van der Waals surface area contributed by atoms with Gasteiger partial charge in [0.1, 0.15) is 5.75 Å². The number of benzene rings is 2. The lowest BCUT2D eigenvalue weighted by Crippen LogP contribution is -2.41. The molecule has 2 aromatic carbocycles. The maximum Gasteiger partial charge on any atom is 0.269 e. The second-order valence-electron chi connectivity index (χ2n) is 6.71. The molecule has 7 heteroatoms. The third kappa shape index (κ3) is 8.34. The predicted molar refractivity (Wildman–Crippen MR) is 117 cm³/mol. The smallest absolute Gasteiger partial charge is 0.269 e. The molecule has 2 rings (SSSR count). The summed E-state index contributed by atoms with van der Waals surface area (Å²) in [5.74, 6) is -0.233. The van der Waals surface area contributed by atoms with Gasteiger partial charge in [0, 0.05) is 21.2 Å². The van der Waals surface area contributed by atoms with E-state index in [0.717, 1.165) is 12.8 Å². The molecule has 2 amide bonds. The van der Waals surface area contributed by atoms with Crippen molar-refractivity contribution in [1.29, 1.82) is 0 Å². The Balaban J connectivity index is 1.74. The van der Waals surface area contributed by atoms with Gasteiger partial charge in [-0.15, -0.1) is 0 Å². The number of rotatable bonds is 10. The Morgan fingerprint density at radius 3 is 1.97 bits per heavy atom. The molecule has 2 N–H and O–H groups in total. The highest BCUT2D eigenvalue weighted by molar-refractivity contribution is 6.35. The Hall–Kier alpha value is -2.24. The number of hydrogen-bond donors (Lipinski definition) is 2. The van der Waals surface area contributed by atoms with Gasteiger partial charge in [-0.05, 0) is 48.9 Å². The number of carbonyl (C=O) groups is 2. The highest BCUT2D eigenvalue weighted by Gasteiger charge is 2.11. The highest BCUT2D eigenvalue weighted by atomic mass is 35.5. The molecule has 0 unspecified atom stereocenters. The van der Waals surface area contributed by atoms with Crippen molar-refractivity contribution in [3.63, 3.8) is 0 Å². The first kappa shape index (κ1) is 23.0. The van der Waals surface area contributed by atoms with E-state index in [1.165, 1.54) is 43.9 Å². The standard InChI is InChI=1S/C22H26Cl2N2O3/c1-2-3-4-5-6-7-12-29-20-10-8-16(9-11-20)21(27)25-26-22(28)17-13-18(23)15-19(24)14-17/h8-11,13-15H,2-7,12H2,1H3,(H,25,27)(H,26,28). The molecule has 156 valence electrons. The van der Waals surface area contributed by atoms with Crippen LogP contribution in [0.4, 0.5) is 0 Å². The molecular weight excluding hydrogens is 411 g/mol. The van der Waals surface area contributed by atoms with Crippen LogP contribution in [0.2, 0.25) is 10.0 Å². The van der Waals surface area contributed by atoms with Crippen LogP contribution in [-0.4, -0.2) is 18.4 Å². The van der Waals surface area contributed by atoms with Crippen molar-refractivity contribution in [3.8, 4) is 5.75 Å². The molecule has 0 saturated heterocycles. The van der Waals surface area contributed by atoms with Crippen LogP contribution in [0.25, 0.3) is 0 Å². The summed E-state index contributed by atoms with van der Waals surface area (Å²) >= 11 is 11.8. The Labute approximate surface area is 181 Å². The van der Waals surface area contributed by atoms with Crippen molar-refractivity contribution in [2.75, 3.05) is 6.61 Å². The Kier molecular flexibility index (Phi) is 9.81. The van der Waals surface area contributed by atoms with Gasteiger partial charge in [-0.3, -0.25) is 20.4 Å². The molecule has 0 spiro atoms. The molecule has 0 radical (unpaired) electrons. The summed E-state index contributed by atoms with van der Waals surface area (Å²) in [4.78, 5) is 24.3. The van der Waals surface area contributed by atoms with Crippen LogP contribution in [0.15, 0.2) is 42.5 Å². The largest absolute Gasteiger partial charge is 0.494 e. The molecule has 5 nitrogen and oxygen atoms in total. The van der Waals surface area contributed by atoms with E-state index in [2.05, 4.69) is 17.8 Å². The SMILES string of the molecule is CCCCCCCCOc1ccc(C(=O)NNC(=O)c2cc(Cl)cc(Cl)c2)cc1. The van der Waals surface area contributed by atoms with Gasteiger partial charge in [-0.25, -0.2) is 0 Å². The summed E-state index contributed by atoms with van der Waals surface area (Å²) in [6.07, 6.45) is 7.24. The lowest BCUT2D eigenvalue weighted by atomic mass is 10.1. The molecule has 0 saturated carbocycles. The van der Waals surface area contributed by atoms with Crippen molar-refractivity contribution in [1.82, 2.24) is 10.9 Å². The lowest BCUT2D eigenvalue weighted by molar-refractivity contribution is 0.0846. The second kappa shape index (κ2) is 12.3. The number of hydrogen-bond acceptors (Lipinski definition) is 3. The van der Waals surface area contributed by atoms with Crippen molar-refractivity contribution in [3.05, 3.63) is 63.6 Å². The van der Waals surface area contributed by atoms with E-state index >= 15 is 0 Å². The zero-order valence-corrected chi connectivity index (χ0v) is 18.0. The van der Waals surface area contributed by atoms with E-state index < -0.39 is 11.8 Å². The number of halogens is 2. The van der Waals surface area contributed by atoms with E-state index in [1.54, 1.807) is 24.3 Å². The first-order valence-corrected chi connectivity index (χ1v) is 10.5. The number of unbranched alkanes of at least 4 members (excludes halogenated alkanes) is 5. The lowest BCUT2D eigenvalue weighted by Gasteiger charge is -2.09. The second-order valence-corrected chi connectivity index (χ2v) is 7.58. The summed E-state index contributed by atoms with van der Waals surface area (Å²) in [7, 11) is 0. The molecule has 0 aliphatic carbocycles. The maximum absolute atomic E-state index is 12.2. The van der Waals surface area contributed by atoms with Crippen molar-refractivity contribution >= 4 is 35.0 Å². The quantitative estimate of drug-likeness (QED) is 0.364. The van der Waals surface area contributed by atoms with E-state index in [9.17, 15) is 9.59 Å². The van der Waals surface area contributed by atoms with Gasteiger partial charge < -0.3 is 4.74 Å². The van der Waals surface area contributed by atoms with Crippen LogP contribution in [0.5, 0.6) is 5.75 Å². The molecule has 0 bridgehead atoms. The minimum Gasteiger partial charge on any atom is -0.494 e. The first-order valence-electron chi connectivity index (χ1n) is 9.79. The topological polar surface area (TPSA) is 67.4 Å². The minimum absolute atomic E-state index is 0.251. The van der Waals surface area contributed by atoms with Crippen molar-refractivity contribution < 1.29 is 14.3 Å². The summed E-state index contributed by atoms with van der Waals surface area (Å²) in [5.41, 5.74) is 5.36. The van der Waals surface area contributed by atoms with Gasteiger partial charge in [0.05, 0.1) is 6.61 Å². The molecular formula is C22H26Cl2N2O3. The summed E-state index contributed by atoms with van der Waals surface area (Å²) < 4.78 is 5.70. The zero-order valence-electron chi connectivity index (χ0n) is 16.5. The van der Waals surface area contributed by atoms with Gasteiger partial charge in [-0.2, -0.15) is 0 Å². The molecule has 0 heterocycles. The minimum atomic E-state index is -0.512. The highest BCUT2D eigenvalue weighted by Crippen LogP contribution is 2.19. The van der Waals surface area contributed by atoms with Gasteiger partial charge in [0.25, 0.3) is 11.8 Å². The number of ether oxygens (including phenoxy) is 1. The number of nitrogens with one attached hydrogen (secondary N) is 2. The Morgan fingerprint density at radius 1 is 0.793 bits per heavy atom. The fourth-order valence-corrected chi connectivity index (χ4v) is 3.24.